The second-order valence-corrected chi connectivity index (χ2v) is 7.49. The molecule has 4 heteroatoms. The predicted octanol–water partition coefficient (Wildman–Crippen LogP) is 2.93. The van der Waals surface area contributed by atoms with Crippen LogP contribution in [0.3, 0.4) is 0 Å². The molecule has 1 aromatic carbocycles. The summed E-state index contributed by atoms with van der Waals surface area (Å²) in [6, 6.07) is 7.77. The van der Waals surface area contributed by atoms with Gasteiger partial charge >= 0.3 is 0 Å². The molecule has 0 saturated carbocycles. The first-order valence-electron chi connectivity index (χ1n) is 6.59. The van der Waals surface area contributed by atoms with E-state index in [2.05, 4.69) is 26.3 Å². The highest BCUT2D eigenvalue weighted by Crippen LogP contribution is 2.19. The van der Waals surface area contributed by atoms with Crippen molar-refractivity contribution >= 4 is 19.5 Å². The zero-order valence-electron chi connectivity index (χ0n) is 11.8. The second kappa shape index (κ2) is 9.17. The maximum Gasteiger partial charge on any atom is 0.230 e. The first-order valence-corrected chi connectivity index (χ1v) is 9.38. The van der Waals surface area contributed by atoms with Crippen LogP contribution in [0.2, 0.25) is 11.1 Å². The van der Waals surface area contributed by atoms with Gasteiger partial charge in [0.2, 0.25) is 19.5 Å². The van der Waals surface area contributed by atoms with Crippen molar-refractivity contribution in [3.63, 3.8) is 0 Å². The Morgan fingerprint density at radius 1 is 0.700 bits per heavy atom. The highest BCUT2D eigenvalue weighted by atomic mass is 28.2. The van der Waals surface area contributed by atoms with Crippen molar-refractivity contribution in [2.24, 2.45) is 0 Å². The molecule has 0 bridgehead atoms. The number of allylic oxidation sites excluding steroid dienone is 4. The van der Waals surface area contributed by atoms with Crippen LogP contribution in [0, 0.1) is 0 Å². The molecule has 0 amide bonds. The standard InChI is InChI=1S/C16H22O2Si2/c1-5-15(6-2)19-17-13-9-11-14(12-10-13)18-20-16(7-3)8-4/h5-12,15-16H,1-4,19-20H2. The van der Waals surface area contributed by atoms with Crippen LogP contribution in [-0.4, -0.2) is 19.5 Å². The van der Waals surface area contributed by atoms with E-state index in [1.807, 2.05) is 48.6 Å². The molecule has 1 rings (SSSR count). The van der Waals surface area contributed by atoms with E-state index in [0.29, 0.717) is 11.1 Å². The molecular weight excluding hydrogens is 280 g/mol. The van der Waals surface area contributed by atoms with E-state index < -0.39 is 19.5 Å². The number of hydrogen-bond acceptors (Lipinski definition) is 2. The average Bonchev–Trinajstić information content (AvgIpc) is 2.50. The van der Waals surface area contributed by atoms with Gasteiger partial charge in [0, 0.05) is 11.1 Å². The molecule has 0 N–H and O–H groups in total. The Morgan fingerprint density at radius 2 is 1.00 bits per heavy atom. The summed E-state index contributed by atoms with van der Waals surface area (Å²) in [5, 5.41) is 0. The molecule has 0 aromatic heterocycles. The van der Waals surface area contributed by atoms with Crippen LogP contribution in [0.1, 0.15) is 0 Å². The molecule has 0 spiro atoms. The Labute approximate surface area is 126 Å². The molecular formula is C16H22O2Si2. The zero-order valence-corrected chi connectivity index (χ0v) is 14.7. The van der Waals surface area contributed by atoms with Crippen molar-refractivity contribution in [1.82, 2.24) is 0 Å². The maximum absolute atomic E-state index is 5.79. The monoisotopic (exact) mass is 302 g/mol. The second-order valence-electron chi connectivity index (χ2n) is 4.36. The molecule has 0 fully saturated rings. The molecule has 0 saturated heterocycles. The third kappa shape index (κ3) is 5.46. The Morgan fingerprint density at radius 3 is 1.25 bits per heavy atom. The summed E-state index contributed by atoms with van der Waals surface area (Å²) in [6.07, 6.45) is 7.53. The zero-order chi connectivity index (χ0) is 14.8. The topological polar surface area (TPSA) is 18.5 Å². The minimum Gasteiger partial charge on any atom is -0.548 e. The van der Waals surface area contributed by atoms with Gasteiger partial charge in [0.15, 0.2) is 0 Å². The van der Waals surface area contributed by atoms with Crippen molar-refractivity contribution in [3.8, 4) is 11.5 Å². The Kier molecular flexibility index (Phi) is 7.46. The van der Waals surface area contributed by atoms with E-state index >= 15 is 0 Å². The minimum atomic E-state index is -0.712. The summed E-state index contributed by atoms with van der Waals surface area (Å²) in [7, 11) is -1.42. The van der Waals surface area contributed by atoms with E-state index in [1.54, 1.807) is 0 Å². The van der Waals surface area contributed by atoms with Gasteiger partial charge in [-0.05, 0) is 24.3 Å². The summed E-state index contributed by atoms with van der Waals surface area (Å²) in [5.74, 6) is 1.76. The molecule has 2 nitrogen and oxygen atoms in total. The van der Waals surface area contributed by atoms with Crippen molar-refractivity contribution in [2.75, 3.05) is 0 Å². The molecule has 0 aliphatic heterocycles. The van der Waals surface area contributed by atoms with E-state index in [-0.39, 0.29) is 0 Å². The quantitative estimate of drug-likeness (QED) is 0.489. The summed E-state index contributed by atoms with van der Waals surface area (Å²) < 4.78 is 11.6. The van der Waals surface area contributed by atoms with Crippen LogP contribution in [0.5, 0.6) is 11.5 Å². The molecule has 0 aliphatic carbocycles. The van der Waals surface area contributed by atoms with Crippen molar-refractivity contribution in [1.29, 1.82) is 0 Å². The van der Waals surface area contributed by atoms with Gasteiger partial charge in [-0.3, -0.25) is 0 Å². The maximum atomic E-state index is 5.79. The van der Waals surface area contributed by atoms with Crippen LogP contribution >= 0.6 is 0 Å². The lowest BCUT2D eigenvalue weighted by atomic mass is 10.3. The summed E-state index contributed by atoms with van der Waals surface area (Å²) in [4.78, 5) is 0. The van der Waals surface area contributed by atoms with E-state index in [1.165, 1.54) is 0 Å². The molecule has 0 radical (unpaired) electrons. The van der Waals surface area contributed by atoms with Crippen molar-refractivity contribution in [2.45, 2.75) is 11.1 Å². The SMILES string of the molecule is C=CC(C=C)[SiH2]Oc1ccc(O[SiH2]C(C=C)C=C)cc1. The van der Waals surface area contributed by atoms with E-state index in [0.717, 1.165) is 11.5 Å². The smallest absolute Gasteiger partial charge is 0.230 e. The van der Waals surface area contributed by atoms with Crippen LogP contribution in [-0.2, 0) is 0 Å². The lowest BCUT2D eigenvalue weighted by Crippen LogP contribution is -2.08. The fourth-order valence-corrected chi connectivity index (χ4v) is 3.18. The Bertz CT molecular complexity index is 395. The average molecular weight is 303 g/mol. The summed E-state index contributed by atoms with van der Waals surface area (Å²) in [5.41, 5.74) is 0.610. The highest BCUT2D eigenvalue weighted by molar-refractivity contribution is 6.33. The normalized spacial score (nSPS) is 11.3. The molecule has 0 atom stereocenters. The highest BCUT2D eigenvalue weighted by Gasteiger charge is 2.04. The van der Waals surface area contributed by atoms with Crippen LogP contribution in [0.4, 0.5) is 0 Å². The Hall–Kier alpha value is -1.79. The fraction of sp³-hybridized carbons (Fsp3) is 0.125. The predicted molar refractivity (Wildman–Crippen MR) is 93.1 cm³/mol. The van der Waals surface area contributed by atoms with Gasteiger partial charge in [-0.15, -0.1) is 26.3 Å². The van der Waals surface area contributed by atoms with Crippen LogP contribution < -0.4 is 8.85 Å². The third-order valence-corrected chi connectivity index (χ3v) is 6.02. The molecule has 0 heterocycles. The minimum absolute atomic E-state index is 0.305. The Balaban J connectivity index is 2.47. The van der Waals surface area contributed by atoms with Crippen LogP contribution in [0.15, 0.2) is 74.9 Å². The number of hydrogen-bond donors (Lipinski definition) is 0. The summed E-state index contributed by atoms with van der Waals surface area (Å²) >= 11 is 0. The van der Waals surface area contributed by atoms with Gasteiger partial charge in [-0.1, -0.05) is 24.3 Å². The number of benzene rings is 1. The molecule has 1 aromatic rings. The number of rotatable bonds is 10. The first-order chi connectivity index (χ1) is 9.73. The molecule has 0 aliphatic rings. The molecule has 20 heavy (non-hydrogen) atoms. The van der Waals surface area contributed by atoms with Crippen molar-refractivity contribution < 1.29 is 8.85 Å². The molecule has 106 valence electrons. The van der Waals surface area contributed by atoms with Gasteiger partial charge in [0.25, 0.3) is 0 Å². The van der Waals surface area contributed by atoms with Gasteiger partial charge < -0.3 is 8.85 Å². The van der Waals surface area contributed by atoms with Gasteiger partial charge in [0.1, 0.15) is 11.5 Å². The lowest BCUT2D eigenvalue weighted by Gasteiger charge is -2.12. The summed E-state index contributed by atoms with van der Waals surface area (Å²) in [6.45, 7) is 15.1. The van der Waals surface area contributed by atoms with E-state index in [9.17, 15) is 0 Å². The van der Waals surface area contributed by atoms with Gasteiger partial charge in [0.05, 0.1) is 0 Å². The third-order valence-electron chi connectivity index (χ3n) is 2.92. The molecule has 0 unspecified atom stereocenters. The lowest BCUT2D eigenvalue weighted by molar-refractivity contribution is 0.574. The van der Waals surface area contributed by atoms with Gasteiger partial charge in [-0.25, -0.2) is 0 Å². The first kappa shape index (κ1) is 16.3. The van der Waals surface area contributed by atoms with Gasteiger partial charge in [-0.2, -0.15) is 0 Å². The van der Waals surface area contributed by atoms with Crippen molar-refractivity contribution in [3.05, 3.63) is 74.9 Å². The van der Waals surface area contributed by atoms with E-state index in [4.69, 9.17) is 8.85 Å². The van der Waals surface area contributed by atoms with Crippen LogP contribution in [0.25, 0.3) is 0 Å². The fourth-order valence-electron chi connectivity index (χ4n) is 1.48. The largest absolute Gasteiger partial charge is 0.548 e.